The van der Waals surface area contributed by atoms with Crippen molar-refractivity contribution in [1.29, 1.82) is 0 Å². The lowest BCUT2D eigenvalue weighted by molar-refractivity contribution is -0.133. The quantitative estimate of drug-likeness (QED) is 0.553. The Hall–Kier alpha value is -3.84. The average molecular weight is 398 g/mol. The third kappa shape index (κ3) is 2.71. The minimum absolute atomic E-state index is 0.225. The van der Waals surface area contributed by atoms with Crippen molar-refractivity contribution in [2.24, 2.45) is 0 Å². The summed E-state index contributed by atoms with van der Waals surface area (Å²) in [6, 6.07) is 16.5. The fourth-order valence-corrected chi connectivity index (χ4v) is 3.98. The van der Waals surface area contributed by atoms with Crippen molar-refractivity contribution in [1.82, 2.24) is 15.2 Å². The van der Waals surface area contributed by atoms with Gasteiger partial charge < -0.3 is 5.11 Å². The first-order valence-electron chi connectivity index (χ1n) is 9.53. The summed E-state index contributed by atoms with van der Waals surface area (Å²) in [6.45, 7) is 1.49. The lowest BCUT2D eigenvalue weighted by Crippen LogP contribution is -2.35. The number of carbonyl (C=O) groups is 1. The van der Waals surface area contributed by atoms with Crippen molar-refractivity contribution in [3.8, 4) is 0 Å². The van der Waals surface area contributed by atoms with E-state index in [1.54, 1.807) is 24.5 Å². The molecular weight excluding hydrogens is 380 g/mol. The van der Waals surface area contributed by atoms with E-state index in [2.05, 4.69) is 15.2 Å². The molecule has 0 bridgehead atoms. The van der Waals surface area contributed by atoms with E-state index in [1.165, 1.54) is 11.8 Å². The normalized spacial score (nSPS) is 18.1. The highest BCUT2D eigenvalue weighted by Crippen LogP contribution is 2.43. The number of aliphatic hydroxyl groups is 1. The SMILES string of the molecule is CC1(O)C(=O)N(c2cccc(Cc3n[nH]c(=O)c4ccccc34)c2)c2cnccc21. The molecule has 0 spiro atoms. The first-order valence-corrected chi connectivity index (χ1v) is 9.53. The standard InChI is InChI=1S/C23H18N4O3/c1-23(30)18-9-10-24-13-20(18)27(22(23)29)15-6-4-5-14(11-15)12-19-16-7-2-3-8-17(16)21(28)26-25-19/h2-11,13,30H,12H2,1H3,(H,26,28). The minimum Gasteiger partial charge on any atom is -0.375 e. The molecule has 1 unspecified atom stereocenters. The van der Waals surface area contributed by atoms with Gasteiger partial charge in [0, 0.05) is 29.3 Å². The van der Waals surface area contributed by atoms with Gasteiger partial charge >= 0.3 is 0 Å². The van der Waals surface area contributed by atoms with E-state index in [1.807, 2.05) is 42.5 Å². The van der Waals surface area contributed by atoms with E-state index in [4.69, 9.17) is 0 Å². The molecule has 0 radical (unpaired) electrons. The van der Waals surface area contributed by atoms with Gasteiger partial charge in [-0.05, 0) is 36.8 Å². The summed E-state index contributed by atoms with van der Waals surface area (Å²) < 4.78 is 0. The van der Waals surface area contributed by atoms with Gasteiger partial charge in [0.2, 0.25) is 0 Å². The molecule has 5 rings (SSSR count). The maximum absolute atomic E-state index is 13.0. The highest BCUT2D eigenvalue weighted by atomic mass is 16.3. The van der Waals surface area contributed by atoms with Gasteiger partial charge in [-0.25, -0.2) is 5.10 Å². The lowest BCUT2D eigenvalue weighted by atomic mass is 9.99. The van der Waals surface area contributed by atoms with Crippen LogP contribution in [0.25, 0.3) is 10.8 Å². The number of aromatic amines is 1. The second-order valence-corrected chi connectivity index (χ2v) is 7.50. The highest BCUT2D eigenvalue weighted by molar-refractivity contribution is 6.11. The van der Waals surface area contributed by atoms with Crippen LogP contribution in [-0.2, 0) is 16.8 Å². The van der Waals surface area contributed by atoms with E-state index in [9.17, 15) is 14.7 Å². The number of amides is 1. The maximum Gasteiger partial charge on any atom is 0.272 e. The smallest absolute Gasteiger partial charge is 0.272 e. The summed E-state index contributed by atoms with van der Waals surface area (Å²) in [5, 5.41) is 18.9. The second-order valence-electron chi connectivity index (χ2n) is 7.50. The number of pyridine rings is 1. The molecule has 7 heteroatoms. The van der Waals surface area contributed by atoms with Gasteiger partial charge in [0.15, 0.2) is 5.60 Å². The van der Waals surface area contributed by atoms with Crippen LogP contribution in [-0.4, -0.2) is 26.2 Å². The number of fused-ring (bicyclic) bond motifs is 2. The number of anilines is 2. The van der Waals surface area contributed by atoms with Gasteiger partial charge in [-0.1, -0.05) is 30.3 Å². The van der Waals surface area contributed by atoms with Crippen LogP contribution in [0.3, 0.4) is 0 Å². The summed E-state index contributed by atoms with van der Waals surface area (Å²) in [7, 11) is 0. The van der Waals surface area contributed by atoms with Gasteiger partial charge in [-0.2, -0.15) is 5.10 Å². The Bertz CT molecular complexity index is 1360. The summed E-state index contributed by atoms with van der Waals surface area (Å²) in [4.78, 5) is 30.6. The first-order chi connectivity index (χ1) is 14.5. The molecule has 1 aliphatic rings. The van der Waals surface area contributed by atoms with Crippen molar-refractivity contribution in [3.05, 3.63) is 94.2 Å². The molecule has 30 heavy (non-hydrogen) atoms. The molecule has 148 valence electrons. The number of nitrogens with zero attached hydrogens (tertiary/aromatic N) is 3. The van der Waals surface area contributed by atoms with Gasteiger partial charge in [0.05, 0.1) is 23.0 Å². The van der Waals surface area contributed by atoms with Crippen LogP contribution in [0, 0.1) is 0 Å². The Kier molecular flexibility index (Phi) is 4.01. The van der Waals surface area contributed by atoms with Crippen LogP contribution in [0.4, 0.5) is 11.4 Å². The first kappa shape index (κ1) is 18.2. The molecule has 0 saturated carbocycles. The molecule has 1 amide bonds. The number of carbonyl (C=O) groups excluding carboxylic acids is 1. The predicted molar refractivity (Wildman–Crippen MR) is 113 cm³/mol. The zero-order chi connectivity index (χ0) is 20.9. The third-order valence-corrected chi connectivity index (χ3v) is 5.50. The molecule has 4 aromatic rings. The molecule has 1 atom stereocenters. The van der Waals surface area contributed by atoms with Crippen molar-refractivity contribution in [2.45, 2.75) is 18.9 Å². The van der Waals surface area contributed by atoms with Crippen molar-refractivity contribution in [3.63, 3.8) is 0 Å². The summed E-state index contributed by atoms with van der Waals surface area (Å²) in [6.07, 6.45) is 3.62. The summed E-state index contributed by atoms with van der Waals surface area (Å²) >= 11 is 0. The van der Waals surface area contributed by atoms with E-state index in [0.717, 1.165) is 16.6 Å². The van der Waals surface area contributed by atoms with Crippen LogP contribution < -0.4 is 10.5 Å². The molecule has 2 N–H and O–H groups in total. The van der Waals surface area contributed by atoms with E-state index < -0.39 is 11.5 Å². The summed E-state index contributed by atoms with van der Waals surface area (Å²) in [5.41, 5.74) is 1.56. The average Bonchev–Trinajstić information content (AvgIpc) is 2.96. The molecule has 0 aliphatic carbocycles. The summed E-state index contributed by atoms with van der Waals surface area (Å²) in [5.74, 6) is -0.421. The number of hydrogen-bond donors (Lipinski definition) is 2. The topological polar surface area (TPSA) is 99.2 Å². The number of aromatic nitrogens is 3. The number of nitrogens with one attached hydrogen (secondary N) is 1. The van der Waals surface area contributed by atoms with Crippen LogP contribution in [0.15, 0.2) is 71.8 Å². The Labute approximate surface area is 171 Å². The minimum atomic E-state index is -1.61. The maximum atomic E-state index is 13.0. The van der Waals surface area contributed by atoms with Gasteiger partial charge in [0.25, 0.3) is 11.5 Å². The number of benzene rings is 2. The van der Waals surface area contributed by atoms with Gasteiger partial charge in [0.1, 0.15) is 0 Å². The number of rotatable bonds is 3. The Morgan fingerprint density at radius 3 is 2.70 bits per heavy atom. The second kappa shape index (κ2) is 6.60. The molecule has 0 fully saturated rings. The number of hydrogen-bond acceptors (Lipinski definition) is 5. The fourth-order valence-electron chi connectivity index (χ4n) is 3.98. The molecule has 2 aromatic carbocycles. The fraction of sp³-hybridized carbons (Fsp3) is 0.130. The van der Waals surface area contributed by atoms with Gasteiger partial charge in [-0.3, -0.25) is 19.5 Å². The molecule has 3 heterocycles. The number of H-pyrrole nitrogens is 1. The van der Waals surface area contributed by atoms with Crippen LogP contribution >= 0.6 is 0 Å². The third-order valence-electron chi connectivity index (χ3n) is 5.50. The van der Waals surface area contributed by atoms with E-state index >= 15 is 0 Å². The van der Waals surface area contributed by atoms with E-state index in [0.29, 0.717) is 28.7 Å². The van der Waals surface area contributed by atoms with Crippen LogP contribution in [0.5, 0.6) is 0 Å². The molecule has 7 nitrogen and oxygen atoms in total. The van der Waals surface area contributed by atoms with Crippen LogP contribution in [0.1, 0.15) is 23.7 Å². The zero-order valence-corrected chi connectivity index (χ0v) is 16.2. The van der Waals surface area contributed by atoms with Crippen molar-refractivity contribution in [2.75, 3.05) is 4.90 Å². The largest absolute Gasteiger partial charge is 0.375 e. The zero-order valence-electron chi connectivity index (χ0n) is 16.2. The molecular formula is C23H18N4O3. The van der Waals surface area contributed by atoms with Crippen molar-refractivity contribution >= 4 is 28.1 Å². The molecule has 0 saturated heterocycles. The predicted octanol–water partition coefficient (Wildman–Crippen LogP) is 2.79. The monoisotopic (exact) mass is 398 g/mol. The lowest BCUT2D eigenvalue weighted by Gasteiger charge is -2.20. The Morgan fingerprint density at radius 1 is 1.07 bits per heavy atom. The highest BCUT2D eigenvalue weighted by Gasteiger charge is 2.46. The van der Waals surface area contributed by atoms with E-state index in [-0.39, 0.29) is 5.56 Å². The molecule has 1 aliphatic heterocycles. The Morgan fingerprint density at radius 2 is 1.87 bits per heavy atom. The van der Waals surface area contributed by atoms with Crippen molar-refractivity contribution < 1.29 is 9.90 Å². The van der Waals surface area contributed by atoms with Crippen LogP contribution in [0.2, 0.25) is 0 Å². The molecule has 2 aromatic heterocycles. The van der Waals surface area contributed by atoms with Gasteiger partial charge in [-0.15, -0.1) is 0 Å². The Balaban J connectivity index is 1.56.